The maximum absolute atomic E-state index is 4.39. The zero-order valence-corrected chi connectivity index (χ0v) is 8.57. The molecule has 1 saturated heterocycles. The molecule has 0 radical (unpaired) electrons. The van der Waals surface area contributed by atoms with Crippen molar-refractivity contribution < 1.29 is 0 Å². The molecular weight excluding hydrogens is 190 g/mol. The van der Waals surface area contributed by atoms with Gasteiger partial charge >= 0.3 is 0 Å². The maximum atomic E-state index is 4.39. The van der Waals surface area contributed by atoms with Crippen LogP contribution in [0.25, 0.3) is 5.65 Å². The topological polar surface area (TPSA) is 54.2 Å². The average Bonchev–Trinajstić information content (AvgIpc) is 2.53. The molecule has 1 aliphatic rings. The second-order valence-corrected chi connectivity index (χ2v) is 3.94. The van der Waals surface area contributed by atoms with Crippen LogP contribution in [0.5, 0.6) is 0 Å². The van der Waals surface area contributed by atoms with Crippen LogP contribution in [0, 0.1) is 6.92 Å². The number of aryl methyl sites for hydroxylation is 1. The van der Waals surface area contributed by atoms with E-state index in [0.717, 1.165) is 18.7 Å². The molecule has 3 heterocycles. The predicted octanol–water partition coefficient (Wildman–Crippen LogP) is 0.421. The molecule has 2 aromatic rings. The van der Waals surface area contributed by atoms with Crippen LogP contribution in [0.3, 0.4) is 0 Å². The molecule has 2 aromatic heterocycles. The third-order valence-corrected chi connectivity index (χ3v) is 2.59. The number of aromatic nitrogens is 3. The van der Waals surface area contributed by atoms with Gasteiger partial charge in [0.1, 0.15) is 0 Å². The van der Waals surface area contributed by atoms with E-state index in [1.54, 1.807) is 0 Å². The fourth-order valence-corrected chi connectivity index (χ4v) is 1.62. The number of hydrogen-bond donors (Lipinski definition) is 2. The first-order chi connectivity index (χ1) is 7.31. The van der Waals surface area contributed by atoms with Crippen LogP contribution in [-0.4, -0.2) is 33.7 Å². The fraction of sp³-hybridized carbons (Fsp3) is 0.400. The average molecular weight is 203 g/mol. The van der Waals surface area contributed by atoms with Gasteiger partial charge in [0.05, 0.1) is 6.04 Å². The summed E-state index contributed by atoms with van der Waals surface area (Å²) in [6, 6.07) is 4.49. The van der Waals surface area contributed by atoms with Gasteiger partial charge in [0, 0.05) is 19.3 Å². The van der Waals surface area contributed by atoms with Crippen molar-refractivity contribution in [3.8, 4) is 0 Å². The van der Waals surface area contributed by atoms with Crippen LogP contribution in [0.2, 0.25) is 0 Å². The van der Waals surface area contributed by atoms with Gasteiger partial charge in [-0.05, 0) is 18.6 Å². The van der Waals surface area contributed by atoms with E-state index >= 15 is 0 Å². The van der Waals surface area contributed by atoms with E-state index < -0.39 is 0 Å². The minimum absolute atomic E-state index is 0.475. The SMILES string of the molecule is Cc1ccc2nc(NC3CNC3)nn2c1. The molecule has 1 fully saturated rings. The maximum Gasteiger partial charge on any atom is 0.243 e. The van der Waals surface area contributed by atoms with Gasteiger partial charge in [-0.1, -0.05) is 6.07 Å². The Hall–Kier alpha value is -1.62. The van der Waals surface area contributed by atoms with E-state index in [1.807, 2.05) is 29.8 Å². The smallest absolute Gasteiger partial charge is 0.243 e. The number of rotatable bonds is 2. The van der Waals surface area contributed by atoms with Gasteiger partial charge in [0.25, 0.3) is 0 Å². The quantitative estimate of drug-likeness (QED) is 0.742. The molecule has 0 spiro atoms. The van der Waals surface area contributed by atoms with Gasteiger partial charge in [0.15, 0.2) is 5.65 Å². The van der Waals surface area contributed by atoms with Crippen LogP contribution in [-0.2, 0) is 0 Å². The molecule has 15 heavy (non-hydrogen) atoms. The fourth-order valence-electron chi connectivity index (χ4n) is 1.62. The summed E-state index contributed by atoms with van der Waals surface area (Å²) in [4.78, 5) is 4.39. The highest BCUT2D eigenvalue weighted by Crippen LogP contribution is 2.08. The van der Waals surface area contributed by atoms with Crippen LogP contribution < -0.4 is 10.6 Å². The van der Waals surface area contributed by atoms with E-state index in [0.29, 0.717) is 12.0 Å². The molecule has 0 aromatic carbocycles. The Morgan fingerprint density at radius 1 is 1.47 bits per heavy atom. The van der Waals surface area contributed by atoms with E-state index in [9.17, 15) is 0 Å². The van der Waals surface area contributed by atoms with Gasteiger partial charge in [-0.25, -0.2) is 4.52 Å². The van der Waals surface area contributed by atoms with Crippen molar-refractivity contribution in [2.75, 3.05) is 18.4 Å². The minimum Gasteiger partial charge on any atom is -0.348 e. The molecule has 1 aliphatic heterocycles. The normalized spacial score (nSPS) is 16.6. The molecule has 0 amide bonds. The third-order valence-electron chi connectivity index (χ3n) is 2.59. The van der Waals surface area contributed by atoms with Crippen molar-refractivity contribution in [3.05, 3.63) is 23.9 Å². The molecule has 78 valence electrons. The number of pyridine rings is 1. The summed E-state index contributed by atoms with van der Waals surface area (Å²) in [5, 5.41) is 10.8. The second kappa shape index (κ2) is 3.20. The number of nitrogens with zero attached hydrogens (tertiary/aromatic N) is 3. The van der Waals surface area contributed by atoms with Gasteiger partial charge < -0.3 is 10.6 Å². The summed E-state index contributed by atoms with van der Waals surface area (Å²) in [5.41, 5.74) is 2.07. The molecule has 0 saturated carbocycles. The van der Waals surface area contributed by atoms with E-state index in [1.165, 1.54) is 5.56 Å². The Kier molecular flexibility index (Phi) is 1.85. The molecule has 0 bridgehead atoms. The van der Waals surface area contributed by atoms with Crippen molar-refractivity contribution in [3.63, 3.8) is 0 Å². The number of anilines is 1. The second-order valence-electron chi connectivity index (χ2n) is 3.94. The van der Waals surface area contributed by atoms with Crippen LogP contribution in [0.1, 0.15) is 5.56 Å². The van der Waals surface area contributed by atoms with Gasteiger partial charge in [0.2, 0.25) is 5.95 Å². The first-order valence-electron chi connectivity index (χ1n) is 5.11. The monoisotopic (exact) mass is 203 g/mol. The summed E-state index contributed by atoms with van der Waals surface area (Å²) >= 11 is 0. The van der Waals surface area contributed by atoms with Gasteiger partial charge in [-0.2, -0.15) is 4.98 Å². The summed E-state index contributed by atoms with van der Waals surface area (Å²) in [7, 11) is 0. The van der Waals surface area contributed by atoms with Crippen molar-refractivity contribution in [2.24, 2.45) is 0 Å². The van der Waals surface area contributed by atoms with Crippen molar-refractivity contribution >= 4 is 11.6 Å². The first kappa shape index (κ1) is 8.67. The molecule has 0 unspecified atom stereocenters. The summed E-state index contributed by atoms with van der Waals surface area (Å²) in [6.45, 7) is 4.03. The Balaban J connectivity index is 1.91. The van der Waals surface area contributed by atoms with Crippen LogP contribution >= 0.6 is 0 Å². The minimum atomic E-state index is 0.475. The first-order valence-corrected chi connectivity index (χ1v) is 5.11. The van der Waals surface area contributed by atoms with Crippen LogP contribution in [0.15, 0.2) is 18.3 Å². The zero-order chi connectivity index (χ0) is 10.3. The summed E-state index contributed by atoms with van der Waals surface area (Å²) in [6.07, 6.45) is 1.98. The molecule has 3 rings (SSSR count). The lowest BCUT2D eigenvalue weighted by Gasteiger charge is -2.27. The van der Waals surface area contributed by atoms with Crippen LogP contribution in [0.4, 0.5) is 5.95 Å². The summed E-state index contributed by atoms with van der Waals surface area (Å²) < 4.78 is 1.81. The van der Waals surface area contributed by atoms with E-state index in [2.05, 4.69) is 20.7 Å². The molecule has 0 atom stereocenters. The van der Waals surface area contributed by atoms with Crippen molar-refractivity contribution in [1.82, 2.24) is 19.9 Å². The van der Waals surface area contributed by atoms with Gasteiger partial charge in [-0.15, -0.1) is 5.10 Å². The number of hydrogen-bond acceptors (Lipinski definition) is 4. The molecule has 2 N–H and O–H groups in total. The lowest BCUT2D eigenvalue weighted by Crippen LogP contribution is -2.51. The Morgan fingerprint density at radius 2 is 2.33 bits per heavy atom. The predicted molar refractivity (Wildman–Crippen MR) is 58.0 cm³/mol. The molecule has 0 aliphatic carbocycles. The Morgan fingerprint density at radius 3 is 3.07 bits per heavy atom. The molecule has 5 heteroatoms. The standard InChI is InChI=1S/C10H13N5/c1-7-2-3-9-13-10(14-15(9)6-7)12-8-4-11-5-8/h2-3,6,8,11H,4-5H2,1H3,(H,12,14). The lowest BCUT2D eigenvalue weighted by atomic mass is 10.2. The van der Waals surface area contributed by atoms with Crippen molar-refractivity contribution in [1.29, 1.82) is 0 Å². The highest BCUT2D eigenvalue weighted by molar-refractivity contribution is 5.44. The third kappa shape index (κ3) is 1.55. The highest BCUT2D eigenvalue weighted by Gasteiger charge is 2.17. The number of nitrogens with one attached hydrogen (secondary N) is 2. The van der Waals surface area contributed by atoms with Crippen molar-refractivity contribution in [2.45, 2.75) is 13.0 Å². The Labute approximate surface area is 87.5 Å². The van der Waals surface area contributed by atoms with Gasteiger partial charge in [-0.3, -0.25) is 0 Å². The van der Waals surface area contributed by atoms with E-state index in [-0.39, 0.29) is 0 Å². The number of fused-ring (bicyclic) bond motifs is 1. The molecule has 5 nitrogen and oxygen atoms in total. The largest absolute Gasteiger partial charge is 0.348 e. The Bertz CT molecular complexity index is 486. The molecular formula is C10H13N5. The highest BCUT2D eigenvalue weighted by atomic mass is 15.4. The van der Waals surface area contributed by atoms with E-state index in [4.69, 9.17) is 0 Å². The summed E-state index contributed by atoms with van der Waals surface area (Å²) in [5.74, 6) is 0.715. The zero-order valence-electron chi connectivity index (χ0n) is 8.57. The lowest BCUT2D eigenvalue weighted by molar-refractivity contribution is 0.470.